The van der Waals surface area contributed by atoms with E-state index in [0.717, 1.165) is 16.7 Å². The molecular formula is C17H27BN2O4. The number of nitrogens with one attached hydrogen (secondary N) is 1. The number of benzene rings is 1. The van der Waals surface area contributed by atoms with Crippen LogP contribution in [0.25, 0.3) is 0 Å². The van der Waals surface area contributed by atoms with Gasteiger partial charge in [0.25, 0.3) is 0 Å². The van der Waals surface area contributed by atoms with E-state index >= 15 is 0 Å². The number of amides is 2. The summed E-state index contributed by atoms with van der Waals surface area (Å²) in [4.78, 5) is 25.3. The maximum absolute atomic E-state index is 12.1. The normalized spacial score (nSPS) is 11.8. The molecule has 1 rings (SSSR count). The van der Waals surface area contributed by atoms with E-state index in [-0.39, 0.29) is 12.5 Å². The van der Waals surface area contributed by atoms with Gasteiger partial charge in [0.2, 0.25) is 11.8 Å². The van der Waals surface area contributed by atoms with Crippen molar-refractivity contribution in [3.05, 3.63) is 34.9 Å². The van der Waals surface area contributed by atoms with E-state index in [4.69, 9.17) is 0 Å². The van der Waals surface area contributed by atoms with Gasteiger partial charge in [-0.05, 0) is 38.3 Å². The molecule has 0 aliphatic heterocycles. The van der Waals surface area contributed by atoms with Crippen molar-refractivity contribution in [1.82, 2.24) is 10.2 Å². The molecule has 0 saturated heterocycles. The van der Waals surface area contributed by atoms with E-state index in [2.05, 4.69) is 5.32 Å². The molecule has 0 saturated carbocycles. The summed E-state index contributed by atoms with van der Waals surface area (Å²) in [6.07, 6.45) is 0.638. The lowest BCUT2D eigenvalue weighted by molar-refractivity contribution is -0.135. The van der Waals surface area contributed by atoms with Crippen LogP contribution < -0.4 is 5.32 Å². The molecule has 0 radical (unpaired) electrons. The highest BCUT2D eigenvalue weighted by molar-refractivity contribution is 6.43. The minimum Gasteiger partial charge on any atom is -0.426 e. The number of carbonyl (C=O) groups excluding carboxylic acids is 2. The fraction of sp³-hybridized carbons (Fsp3) is 0.529. The Morgan fingerprint density at radius 3 is 2.42 bits per heavy atom. The molecule has 0 spiro atoms. The molecule has 132 valence electrons. The Labute approximate surface area is 144 Å². The fourth-order valence-electron chi connectivity index (χ4n) is 2.57. The van der Waals surface area contributed by atoms with Crippen molar-refractivity contribution in [3.8, 4) is 0 Å². The third-order valence-corrected chi connectivity index (χ3v) is 4.02. The molecule has 7 heteroatoms. The van der Waals surface area contributed by atoms with Crippen molar-refractivity contribution < 1.29 is 19.6 Å². The first-order chi connectivity index (χ1) is 11.3. The molecule has 2 amide bonds. The standard InChI is InChI=1S/C17H27BN2O4/c1-5-17(22)20(6-2)11-16(21)19-15(18(23)24)10-14-8-7-12(3)9-13(14)4/h7-9,15,23-24H,5-6,10-11H2,1-4H3,(H,19,21)/t15-/m0/s1. The van der Waals surface area contributed by atoms with Crippen LogP contribution >= 0.6 is 0 Å². The predicted molar refractivity (Wildman–Crippen MR) is 94.3 cm³/mol. The van der Waals surface area contributed by atoms with Gasteiger partial charge in [-0.3, -0.25) is 9.59 Å². The predicted octanol–water partition coefficient (Wildman–Crippen LogP) is 0.601. The Balaban J connectivity index is 2.75. The SMILES string of the molecule is CCC(=O)N(CC)CC(=O)N[C@@H](Cc1ccc(C)cc1C)B(O)O. The van der Waals surface area contributed by atoms with Crippen molar-refractivity contribution in [2.75, 3.05) is 13.1 Å². The summed E-state index contributed by atoms with van der Waals surface area (Å²) in [6, 6.07) is 5.88. The van der Waals surface area contributed by atoms with E-state index in [9.17, 15) is 19.6 Å². The first-order valence-corrected chi connectivity index (χ1v) is 8.27. The number of likely N-dealkylation sites (N-methyl/N-ethyl adjacent to an activating group) is 1. The monoisotopic (exact) mass is 334 g/mol. The molecule has 1 atom stereocenters. The smallest absolute Gasteiger partial charge is 0.426 e. The van der Waals surface area contributed by atoms with Gasteiger partial charge in [0.15, 0.2) is 0 Å². The van der Waals surface area contributed by atoms with Crippen LogP contribution in [0.5, 0.6) is 0 Å². The molecule has 0 aromatic heterocycles. The van der Waals surface area contributed by atoms with Gasteiger partial charge < -0.3 is 20.3 Å². The number of rotatable bonds is 8. The largest absolute Gasteiger partial charge is 0.475 e. The van der Waals surface area contributed by atoms with Crippen LogP contribution in [0.3, 0.4) is 0 Å². The van der Waals surface area contributed by atoms with E-state index in [1.807, 2.05) is 32.0 Å². The Hall–Kier alpha value is -1.86. The number of aryl methyl sites for hydroxylation is 2. The molecule has 3 N–H and O–H groups in total. The molecule has 0 heterocycles. The molecule has 0 unspecified atom stereocenters. The summed E-state index contributed by atoms with van der Waals surface area (Å²) in [7, 11) is -1.67. The van der Waals surface area contributed by atoms with Crippen LogP contribution in [0.4, 0.5) is 0 Å². The summed E-state index contributed by atoms with van der Waals surface area (Å²) >= 11 is 0. The van der Waals surface area contributed by atoms with Crippen molar-refractivity contribution in [1.29, 1.82) is 0 Å². The van der Waals surface area contributed by atoms with E-state index < -0.39 is 19.0 Å². The molecular weight excluding hydrogens is 307 g/mol. The average Bonchev–Trinajstić information content (AvgIpc) is 2.53. The van der Waals surface area contributed by atoms with Crippen LogP contribution in [0, 0.1) is 13.8 Å². The zero-order valence-corrected chi connectivity index (χ0v) is 14.9. The quantitative estimate of drug-likeness (QED) is 0.608. The highest BCUT2D eigenvalue weighted by Gasteiger charge is 2.27. The van der Waals surface area contributed by atoms with Gasteiger partial charge in [0.1, 0.15) is 0 Å². The van der Waals surface area contributed by atoms with Gasteiger partial charge in [-0.25, -0.2) is 0 Å². The van der Waals surface area contributed by atoms with Crippen molar-refractivity contribution in [3.63, 3.8) is 0 Å². The van der Waals surface area contributed by atoms with Crippen molar-refractivity contribution >= 4 is 18.9 Å². The van der Waals surface area contributed by atoms with E-state index in [1.165, 1.54) is 4.90 Å². The third-order valence-electron chi connectivity index (χ3n) is 4.02. The second-order valence-electron chi connectivity index (χ2n) is 5.98. The molecule has 24 heavy (non-hydrogen) atoms. The Morgan fingerprint density at radius 2 is 1.92 bits per heavy atom. The average molecular weight is 334 g/mol. The topological polar surface area (TPSA) is 89.9 Å². The molecule has 6 nitrogen and oxygen atoms in total. The second-order valence-corrected chi connectivity index (χ2v) is 5.98. The molecule has 0 aliphatic carbocycles. The lowest BCUT2D eigenvalue weighted by Gasteiger charge is -2.23. The number of carbonyl (C=O) groups is 2. The van der Waals surface area contributed by atoms with Gasteiger partial charge >= 0.3 is 7.12 Å². The zero-order chi connectivity index (χ0) is 18.3. The van der Waals surface area contributed by atoms with E-state index in [0.29, 0.717) is 19.4 Å². The Bertz CT molecular complexity index is 578. The maximum Gasteiger partial charge on any atom is 0.475 e. The fourth-order valence-corrected chi connectivity index (χ4v) is 2.57. The second kappa shape index (κ2) is 9.44. The van der Waals surface area contributed by atoms with Crippen LogP contribution in [-0.2, 0) is 16.0 Å². The number of hydrogen-bond acceptors (Lipinski definition) is 4. The number of nitrogens with zero attached hydrogens (tertiary/aromatic N) is 1. The Kier molecular flexibility index (Phi) is 7.94. The first-order valence-electron chi connectivity index (χ1n) is 8.27. The molecule has 0 bridgehead atoms. The highest BCUT2D eigenvalue weighted by atomic mass is 16.4. The summed E-state index contributed by atoms with van der Waals surface area (Å²) < 4.78 is 0. The summed E-state index contributed by atoms with van der Waals surface area (Å²) in [5.41, 5.74) is 3.10. The summed E-state index contributed by atoms with van der Waals surface area (Å²) in [5, 5.41) is 21.8. The van der Waals surface area contributed by atoms with Crippen molar-refractivity contribution in [2.24, 2.45) is 0 Å². The molecule has 0 aliphatic rings. The third kappa shape index (κ3) is 5.98. The number of hydrogen-bond donors (Lipinski definition) is 3. The van der Waals surface area contributed by atoms with Crippen LogP contribution in [0.2, 0.25) is 0 Å². The van der Waals surface area contributed by atoms with Crippen LogP contribution in [-0.4, -0.2) is 52.9 Å². The van der Waals surface area contributed by atoms with Crippen molar-refractivity contribution in [2.45, 2.75) is 46.5 Å². The lowest BCUT2D eigenvalue weighted by Crippen LogP contribution is -2.51. The van der Waals surface area contributed by atoms with Crippen LogP contribution in [0.1, 0.15) is 37.0 Å². The van der Waals surface area contributed by atoms with Gasteiger partial charge in [-0.1, -0.05) is 30.7 Å². The summed E-state index contributed by atoms with van der Waals surface area (Å²) in [5.74, 6) is -1.33. The lowest BCUT2D eigenvalue weighted by atomic mass is 9.75. The minimum atomic E-state index is -1.67. The van der Waals surface area contributed by atoms with Gasteiger partial charge in [0.05, 0.1) is 12.5 Å². The van der Waals surface area contributed by atoms with Gasteiger partial charge in [-0.15, -0.1) is 0 Å². The molecule has 1 aromatic carbocycles. The van der Waals surface area contributed by atoms with Gasteiger partial charge in [-0.2, -0.15) is 0 Å². The van der Waals surface area contributed by atoms with Gasteiger partial charge in [0, 0.05) is 13.0 Å². The van der Waals surface area contributed by atoms with Crippen LogP contribution in [0.15, 0.2) is 18.2 Å². The Morgan fingerprint density at radius 1 is 1.25 bits per heavy atom. The highest BCUT2D eigenvalue weighted by Crippen LogP contribution is 2.13. The first kappa shape index (κ1) is 20.2. The van der Waals surface area contributed by atoms with E-state index in [1.54, 1.807) is 13.8 Å². The maximum atomic E-state index is 12.1. The molecule has 0 fully saturated rings. The summed E-state index contributed by atoms with van der Waals surface area (Å²) in [6.45, 7) is 7.83. The minimum absolute atomic E-state index is 0.0841. The molecule has 1 aromatic rings. The zero-order valence-electron chi connectivity index (χ0n) is 14.9.